The second kappa shape index (κ2) is 1.67. The van der Waals surface area contributed by atoms with E-state index in [4.69, 9.17) is 0 Å². The highest BCUT2D eigenvalue weighted by molar-refractivity contribution is 5.21. The van der Waals surface area contributed by atoms with Crippen molar-refractivity contribution in [1.82, 2.24) is 0 Å². The van der Waals surface area contributed by atoms with E-state index >= 15 is 0 Å². The van der Waals surface area contributed by atoms with Crippen LogP contribution in [0.25, 0.3) is 0 Å². The van der Waals surface area contributed by atoms with Gasteiger partial charge in [0, 0.05) is 0 Å². The van der Waals surface area contributed by atoms with Crippen molar-refractivity contribution in [3.8, 4) is 0 Å². The molecule has 62 valence electrons. The molecule has 0 aliphatic heterocycles. The number of hydrogen-bond donors (Lipinski definition) is 0. The zero-order valence-corrected chi connectivity index (χ0v) is 7.64. The van der Waals surface area contributed by atoms with Gasteiger partial charge >= 0.3 is 0 Å². The first kappa shape index (κ1) is 6.51. The molecule has 5 unspecified atom stereocenters. The maximum Gasteiger partial charge on any atom is -0.0204 e. The lowest BCUT2D eigenvalue weighted by Gasteiger charge is -2.55. The third-order valence-electron chi connectivity index (χ3n) is 5.20. The molecule has 1 spiro atoms. The highest BCUT2D eigenvalue weighted by Crippen LogP contribution is 2.80. The predicted molar refractivity (Wildman–Crippen MR) is 46.2 cm³/mol. The van der Waals surface area contributed by atoms with Crippen LogP contribution in [-0.2, 0) is 0 Å². The summed E-state index contributed by atoms with van der Waals surface area (Å²) >= 11 is 0. The van der Waals surface area contributed by atoms with Crippen LogP contribution < -0.4 is 0 Å². The van der Waals surface area contributed by atoms with Crippen molar-refractivity contribution in [3.63, 3.8) is 0 Å². The van der Waals surface area contributed by atoms with Gasteiger partial charge in [-0.3, -0.25) is 0 Å². The van der Waals surface area contributed by atoms with Crippen molar-refractivity contribution in [2.24, 2.45) is 29.1 Å². The molecule has 3 aliphatic rings. The molecule has 0 amide bonds. The lowest BCUT2D eigenvalue weighted by atomic mass is 9.49. The standard InChI is InChI=1S/C11H18/c1-3-9-7(2)11(9)6-8-4-5-10(8)11/h7-10H,3-6H2,1-2H3. The van der Waals surface area contributed by atoms with Crippen LogP contribution in [0.2, 0.25) is 0 Å². The van der Waals surface area contributed by atoms with E-state index in [1.165, 1.54) is 18.3 Å². The van der Waals surface area contributed by atoms with Gasteiger partial charge in [0.05, 0.1) is 0 Å². The molecule has 3 saturated carbocycles. The molecular formula is C11H18. The van der Waals surface area contributed by atoms with Crippen LogP contribution in [0.3, 0.4) is 0 Å². The van der Waals surface area contributed by atoms with Gasteiger partial charge in [0.15, 0.2) is 0 Å². The third-order valence-corrected chi connectivity index (χ3v) is 5.20. The summed E-state index contributed by atoms with van der Waals surface area (Å²) in [5.74, 6) is 4.61. The molecule has 0 aromatic carbocycles. The Morgan fingerprint density at radius 1 is 1.36 bits per heavy atom. The molecule has 0 heteroatoms. The molecule has 0 N–H and O–H groups in total. The van der Waals surface area contributed by atoms with Gasteiger partial charge in [0.2, 0.25) is 0 Å². The van der Waals surface area contributed by atoms with Crippen LogP contribution >= 0.6 is 0 Å². The van der Waals surface area contributed by atoms with Gasteiger partial charge in [-0.25, -0.2) is 0 Å². The Morgan fingerprint density at radius 2 is 2.18 bits per heavy atom. The fourth-order valence-electron chi connectivity index (χ4n) is 4.40. The van der Waals surface area contributed by atoms with Crippen LogP contribution in [0.15, 0.2) is 0 Å². The smallest absolute Gasteiger partial charge is 0.0204 e. The van der Waals surface area contributed by atoms with Gasteiger partial charge in [-0.2, -0.15) is 0 Å². The highest BCUT2D eigenvalue weighted by atomic mass is 14.8. The Bertz CT molecular complexity index is 190. The summed E-state index contributed by atoms with van der Waals surface area (Å²) in [6, 6.07) is 0. The van der Waals surface area contributed by atoms with E-state index in [-0.39, 0.29) is 0 Å². The van der Waals surface area contributed by atoms with Crippen LogP contribution in [0.1, 0.15) is 39.5 Å². The second-order valence-corrected chi connectivity index (χ2v) is 5.06. The lowest BCUT2D eigenvalue weighted by Crippen LogP contribution is -2.47. The number of rotatable bonds is 1. The van der Waals surface area contributed by atoms with E-state index < -0.39 is 0 Å². The maximum atomic E-state index is 2.49. The topological polar surface area (TPSA) is 0 Å². The van der Waals surface area contributed by atoms with Crippen molar-refractivity contribution in [3.05, 3.63) is 0 Å². The predicted octanol–water partition coefficient (Wildman–Crippen LogP) is 3.08. The molecule has 3 aliphatic carbocycles. The van der Waals surface area contributed by atoms with E-state index in [1.807, 2.05) is 0 Å². The molecule has 0 aromatic rings. The molecule has 11 heavy (non-hydrogen) atoms. The number of fused-ring (bicyclic) bond motifs is 2. The maximum absolute atomic E-state index is 2.49. The van der Waals surface area contributed by atoms with E-state index in [0.717, 1.165) is 17.3 Å². The molecule has 3 rings (SSSR count). The van der Waals surface area contributed by atoms with Crippen LogP contribution in [-0.4, -0.2) is 0 Å². The van der Waals surface area contributed by atoms with Crippen LogP contribution in [0.5, 0.6) is 0 Å². The minimum atomic E-state index is 0.914. The summed E-state index contributed by atoms with van der Waals surface area (Å²) in [6.45, 7) is 4.87. The minimum absolute atomic E-state index is 0.914. The monoisotopic (exact) mass is 150 g/mol. The molecule has 5 atom stereocenters. The van der Waals surface area contributed by atoms with E-state index in [0.29, 0.717) is 0 Å². The first-order chi connectivity index (χ1) is 5.30. The second-order valence-electron chi connectivity index (χ2n) is 5.06. The first-order valence-electron chi connectivity index (χ1n) is 5.30. The van der Waals surface area contributed by atoms with Crippen molar-refractivity contribution in [1.29, 1.82) is 0 Å². The Hall–Kier alpha value is 0. The minimum Gasteiger partial charge on any atom is -0.0651 e. The first-order valence-corrected chi connectivity index (χ1v) is 5.30. The quantitative estimate of drug-likeness (QED) is 0.539. The van der Waals surface area contributed by atoms with Gasteiger partial charge in [-0.05, 0) is 48.3 Å². The number of hydrogen-bond acceptors (Lipinski definition) is 0. The fraction of sp³-hybridized carbons (Fsp3) is 1.00. The summed E-state index contributed by atoms with van der Waals surface area (Å²) in [5.41, 5.74) is 0.914. The normalized spacial score (nSPS) is 64.9. The third kappa shape index (κ3) is 0.494. The average Bonchev–Trinajstić information content (AvgIpc) is 2.53. The summed E-state index contributed by atoms with van der Waals surface area (Å²) in [4.78, 5) is 0. The molecule has 0 aromatic heterocycles. The highest BCUT2D eigenvalue weighted by Gasteiger charge is 2.73. The van der Waals surface area contributed by atoms with Crippen LogP contribution in [0.4, 0.5) is 0 Å². The van der Waals surface area contributed by atoms with Crippen molar-refractivity contribution >= 4 is 0 Å². The van der Waals surface area contributed by atoms with Crippen molar-refractivity contribution < 1.29 is 0 Å². The summed E-state index contributed by atoms with van der Waals surface area (Å²) in [5, 5.41) is 0. The molecule has 0 heterocycles. The van der Waals surface area contributed by atoms with Gasteiger partial charge in [-0.15, -0.1) is 0 Å². The van der Waals surface area contributed by atoms with Crippen LogP contribution in [0, 0.1) is 29.1 Å². The lowest BCUT2D eigenvalue weighted by molar-refractivity contribution is -0.0634. The Balaban J connectivity index is 1.79. The molecule has 0 saturated heterocycles. The van der Waals surface area contributed by atoms with Gasteiger partial charge < -0.3 is 0 Å². The average molecular weight is 150 g/mol. The molecule has 0 nitrogen and oxygen atoms in total. The SMILES string of the molecule is CCC1C(C)C12CC1CCC12. The Labute approximate surface area is 69.4 Å². The van der Waals surface area contributed by atoms with Gasteiger partial charge in [0.1, 0.15) is 0 Å². The van der Waals surface area contributed by atoms with Crippen molar-refractivity contribution in [2.75, 3.05) is 0 Å². The van der Waals surface area contributed by atoms with Gasteiger partial charge in [-0.1, -0.05) is 20.3 Å². The van der Waals surface area contributed by atoms with E-state index in [1.54, 1.807) is 19.3 Å². The van der Waals surface area contributed by atoms with E-state index in [9.17, 15) is 0 Å². The summed E-state index contributed by atoms with van der Waals surface area (Å²) in [7, 11) is 0. The zero-order valence-electron chi connectivity index (χ0n) is 7.64. The zero-order chi connectivity index (χ0) is 7.64. The Morgan fingerprint density at radius 3 is 2.45 bits per heavy atom. The molecule has 0 bridgehead atoms. The largest absolute Gasteiger partial charge is 0.0651 e. The summed E-state index contributed by atoms with van der Waals surface area (Å²) < 4.78 is 0. The molecular weight excluding hydrogens is 132 g/mol. The molecule has 3 fully saturated rings. The van der Waals surface area contributed by atoms with Gasteiger partial charge in [0.25, 0.3) is 0 Å². The molecule has 0 radical (unpaired) electrons. The summed E-state index contributed by atoms with van der Waals surface area (Å²) in [6.07, 6.45) is 6.20. The fourth-order valence-corrected chi connectivity index (χ4v) is 4.40. The van der Waals surface area contributed by atoms with Crippen molar-refractivity contribution in [2.45, 2.75) is 39.5 Å². The van der Waals surface area contributed by atoms with E-state index in [2.05, 4.69) is 13.8 Å². The Kier molecular flexibility index (Phi) is 0.990.